The molecule has 4 N–H and O–H groups in total. The summed E-state index contributed by atoms with van der Waals surface area (Å²) in [4.78, 5) is 20.1. The van der Waals surface area contributed by atoms with Crippen molar-refractivity contribution >= 4 is 32.7 Å². The highest BCUT2D eigenvalue weighted by Gasteiger charge is 2.44. The van der Waals surface area contributed by atoms with E-state index in [0.717, 1.165) is 16.3 Å². The Morgan fingerprint density at radius 2 is 1.96 bits per heavy atom. The second-order valence-corrected chi connectivity index (χ2v) is 13.9. The lowest BCUT2D eigenvalue weighted by molar-refractivity contribution is -0.0907. The third-order valence-corrected chi connectivity index (χ3v) is 10.2. The number of amides is 1. The number of carbonyl (C=O) groups is 1. The number of aromatic amines is 1. The molecule has 12 nitrogen and oxygen atoms in total. The fraction of sp³-hybridized carbons (Fsp3) is 0.500. The number of aliphatic hydroxyl groups is 1. The number of nitrogens with one attached hydrogen (secondary N) is 2. The van der Waals surface area contributed by atoms with Crippen LogP contribution in [0.3, 0.4) is 0 Å². The molecule has 1 amide bonds. The van der Waals surface area contributed by atoms with Crippen molar-refractivity contribution in [3.05, 3.63) is 59.7 Å². The van der Waals surface area contributed by atoms with Gasteiger partial charge in [0.25, 0.3) is 0 Å². The minimum atomic E-state index is -4.23. The van der Waals surface area contributed by atoms with Crippen LogP contribution in [0.2, 0.25) is 0 Å². The Morgan fingerprint density at radius 3 is 2.67 bits per heavy atom. The molecule has 45 heavy (non-hydrogen) atoms. The zero-order valence-electron chi connectivity index (χ0n) is 26.0. The first kappa shape index (κ1) is 32.9. The molecule has 3 aromatic rings. The smallest absolute Gasteiger partial charge is 0.407 e. The normalized spacial score (nSPS) is 21.8. The van der Waals surface area contributed by atoms with E-state index in [9.17, 15) is 23.4 Å². The molecule has 3 heterocycles. The molecule has 0 spiro atoms. The number of hydrogen-bond donors (Lipinski definition) is 4. The van der Waals surface area contributed by atoms with Gasteiger partial charge >= 0.3 is 6.09 Å². The molecule has 13 heteroatoms. The van der Waals surface area contributed by atoms with Crippen LogP contribution in [-0.2, 0) is 30.7 Å². The molecule has 5 rings (SSSR count). The van der Waals surface area contributed by atoms with Crippen molar-refractivity contribution in [1.82, 2.24) is 14.6 Å². The number of alkyl carbamates (subject to hydrolysis) is 1. The van der Waals surface area contributed by atoms with Crippen LogP contribution in [0, 0.1) is 11.8 Å². The highest BCUT2D eigenvalue weighted by Crippen LogP contribution is 2.34. The monoisotopic (exact) mass is 642 g/mol. The van der Waals surface area contributed by atoms with E-state index in [2.05, 4.69) is 15.3 Å². The SMILES string of the molecule is CN=C(C)c1c(O)[nH]c2ccc(S(=O)(=O)N(CC(C)C)C(O)CC(Cc3ccccc3)NC(=O)OC3COC4OCCC34)cc12. The molecule has 1 aromatic heterocycles. The van der Waals surface area contributed by atoms with Crippen molar-refractivity contribution < 1.29 is 37.6 Å². The van der Waals surface area contributed by atoms with Crippen molar-refractivity contribution in [2.75, 3.05) is 26.8 Å². The van der Waals surface area contributed by atoms with Crippen molar-refractivity contribution in [3.63, 3.8) is 0 Å². The lowest BCUT2D eigenvalue weighted by Crippen LogP contribution is -2.48. The Labute approximate surface area is 263 Å². The van der Waals surface area contributed by atoms with Crippen LogP contribution in [0.25, 0.3) is 10.9 Å². The summed E-state index contributed by atoms with van der Waals surface area (Å²) < 4.78 is 46.2. The molecular formula is C32H42N4O8S. The Hall–Kier alpha value is -3.49. The van der Waals surface area contributed by atoms with Gasteiger partial charge in [0.15, 0.2) is 12.2 Å². The summed E-state index contributed by atoms with van der Waals surface area (Å²) in [6.45, 7) is 6.27. The fourth-order valence-electron chi connectivity index (χ4n) is 6.02. The van der Waals surface area contributed by atoms with Gasteiger partial charge in [-0.2, -0.15) is 4.31 Å². The van der Waals surface area contributed by atoms with Gasteiger partial charge in [0.1, 0.15) is 12.3 Å². The van der Waals surface area contributed by atoms with E-state index in [1.54, 1.807) is 20.0 Å². The van der Waals surface area contributed by atoms with Gasteiger partial charge in [-0.1, -0.05) is 44.2 Å². The Morgan fingerprint density at radius 1 is 1.20 bits per heavy atom. The second kappa shape index (κ2) is 13.9. The number of fused-ring (bicyclic) bond motifs is 2. The minimum Gasteiger partial charge on any atom is -0.494 e. The average Bonchev–Trinajstić information content (AvgIpc) is 3.70. The van der Waals surface area contributed by atoms with Gasteiger partial charge in [0, 0.05) is 42.7 Å². The number of carbonyl (C=O) groups excluding carboxylic acids is 1. The third-order valence-electron chi connectivity index (χ3n) is 8.32. The molecule has 0 saturated carbocycles. The van der Waals surface area contributed by atoms with E-state index in [1.807, 2.05) is 44.2 Å². The summed E-state index contributed by atoms with van der Waals surface area (Å²) in [6.07, 6.45) is -1.98. The number of hydrogen-bond acceptors (Lipinski definition) is 9. The zero-order valence-corrected chi connectivity index (χ0v) is 26.8. The molecule has 2 aromatic carbocycles. The van der Waals surface area contributed by atoms with E-state index < -0.39 is 34.5 Å². The van der Waals surface area contributed by atoms with Gasteiger partial charge < -0.3 is 34.7 Å². The zero-order chi connectivity index (χ0) is 32.3. The van der Waals surface area contributed by atoms with Crippen LogP contribution in [0.5, 0.6) is 5.88 Å². The van der Waals surface area contributed by atoms with Gasteiger partial charge in [-0.25, -0.2) is 13.2 Å². The maximum atomic E-state index is 14.1. The number of sulfonamides is 1. The lowest BCUT2D eigenvalue weighted by Gasteiger charge is -2.31. The Balaban J connectivity index is 1.39. The molecule has 0 bridgehead atoms. The fourth-order valence-corrected chi connectivity index (χ4v) is 7.70. The molecule has 2 aliphatic heterocycles. The summed E-state index contributed by atoms with van der Waals surface area (Å²) in [5.74, 6) is -0.259. The van der Waals surface area contributed by atoms with Gasteiger partial charge in [-0.3, -0.25) is 4.99 Å². The molecule has 2 aliphatic rings. The first-order valence-electron chi connectivity index (χ1n) is 15.2. The first-order chi connectivity index (χ1) is 21.5. The van der Waals surface area contributed by atoms with E-state index in [1.165, 1.54) is 12.1 Å². The summed E-state index contributed by atoms with van der Waals surface area (Å²) in [7, 11) is -2.64. The van der Waals surface area contributed by atoms with Crippen molar-refractivity contribution in [2.24, 2.45) is 16.8 Å². The van der Waals surface area contributed by atoms with E-state index >= 15 is 0 Å². The van der Waals surface area contributed by atoms with Crippen molar-refractivity contribution in [3.8, 4) is 5.88 Å². The van der Waals surface area contributed by atoms with E-state index in [0.29, 0.717) is 35.2 Å². The van der Waals surface area contributed by atoms with E-state index in [4.69, 9.17) is 14.2 Å². The molecule has 2 saturated heterocycles. The van der Waals surface area contributed by atoms with Gasteiger partial charge in [-0.15, -0.1) is 0 Å². The highest BCUT2D eigenvalue weighted by atomic mass is 32.2. The van der Waals surface area contributed by atoms with E-state index in [-0.39, 0.29) is 48.5 Å². The topological polar surface area (TPSA) is 163 Å². The summed E-state index contributed by atoms with van der Waals surface area (Å²) >= 11 is 0. The summed E-state index contributed by atoms with van der Waals surface area (Å²) in [5.41, 5.74) is 2.40. The van der Waals surface area contributed by atoms with Crippen LogP contribution in [0.15, 0.2) is 58.4 Å². The van der Waals surface area contributed by atoms with Crippen LogP contribution < -0.4 is 5.32 Å². The summed E-state index contributed by atoms with van der Waals surface area (Å²) in [6, 6.07) is 13.3. The van der Waals surface area contributed by atoms with Crippen LogP contribution >= 0.6 is 0 Å². The molecule has 0 radical (unpaired) electrons. The number of aliphatic imine (C=N–C) groups is 1. The van der Waals surface area contributed by atoms with Crippen molar-refractivity contribution in [2.45, 2.75) is 69.6 Å². The molecule has 2 fully saturated rings. The minimum absolute atomic E-state index is 0.0345. The van der Waals surface area contributed by atoms with Gasteiger partial charge in [0.05, 0.1) is 29.6 Å². The second-order valence-electron chi connectivity index (χ2n) is 12.0. The van der Waals surface area contributed by atoms with Crippen LogP contribution in [0.4, 0.5) is 4.79 Å². The number of nitrogens with zero attached hydrogens (tertiary/aromatic N) is 2. The molecule has 244 valence electrons. The maximum absolute atomic E-state index is 14.1. The number of aromatic nitrogens is 1. The van der Waals surface area contributed by atoms with Gasteiger partial charge in [-0.05, 0) is 49.4 Å². The number of ether oxygens (including phenoxy) is 3. The standard InChI is InChI=1S/C32H42N4O8S/c1-19(2)17-36(45(40,41)23-10-11-26-25(16-23)29(20(3)33-4)30(38)35-26)28(37)15-22(14-21-8-6-5-7-9-21)34-32(39)44-27-18-43-31-24(27)12-13-42-31/h5-11,16,19,22,24,27-28,31,35,37-38H,12-15,17-18H2,1-4H3,(H,34,39). The predicted octanol–water partition coefficient (Wildman–Crippen LogP) is 3.77. The molecule has 5 atom stereocenters. The quantitative estimate of drug-likeness (QED) is 0.171. The maximum Gasteiger partial charge on any atom is 0.407 e. The van der Waals surface area contributed by atoms with Gasteiger partial charge in [0.2, 0.25) is 10.0 Å². The first-order valence-corrected chi connectivity index (χ1v) is 16.6. The van der Waals surface area contributed by atoms with Crippen molar-refractivity contribution in [1.29, 1.82) is 0 Å². The summed E-state index contributed by atoms with van der Waals surface area (Å²) in [5, 5.41) is 25.4. The third kappa shape index (κ3) is 7.33. The Bertz CT molecular complexity index is 1620. The molecular weight excluding hydrogens is 600 g/mol. The number of benzene rings is 2. The highest BCUT2D eigenvalue weighted by molar-refractivity contribution is 7.89. The molecule has 5 unspecified atom stereocenters. The number of rotatable bonds is 12. The predicted molar refractivity (Wildman–Crippen MR) is 169 cm³/mol. The average molecular weight is 643 g/mol. The van der Waals surface area contributed by atoms with Crippen LogP contribution in [-0.4, -0.2) is 91.2 Å². The van der Waals surface area contributed by atoms with Crippen LogP contribution in [0.1, 0.15) is 44.7 Å². The number of H-pyrrole nitrogens is 1. The number of aliphatic hydroxyl groups excluding tert-OH is 1. The largest absolute Gasteiger partial charge is 0.494 e. The molecule has 0 aliphatic carbocycles. The Kier molecular flexibility index (Phi) is 10.1. The lowest BCUT2D eigenvalue weighted by atomic mass is 10.0. The number of aromatic hydroxyl groups is 1.